The normalized spacial score (nSPS) is 31.5. The van der Waals surface area contributed by atoms with Crippen molar-refractivity contribution in [2.45, 2.75) is 30.9 Å². The number of fused-ring (bicyclic) bond motifs is 1. The molecule has 0 N–H and O–H groups in total. The van der Waals surface area contributed by atoms with Crippen molar-refractivity contribution in [2.24, 2.45) is 5.41 Å². The lowest BCUT2D eigenvalue weighted by atomic mass is 9.33. The van der Waals surface area contributed by atoms with E-state index in [0.29, 0.717) is 16.8 Å². The van der Waals surface area contributed by atoms with Crippen LogP contribution in [0.15, 0.2) is 18.6 Å². The Morgan fingerprint density at radius 1 is 1.30 bits per heavy atom. The number of halogens is 3. The number of alkyl halides is 3. The first-order valence-electron chi connectivity index (χ1n) is 6.20. The second kappa shape index (κ2) is 3.14. The second-order valence-electron chi connectivity index (χ2n) is 5.85. The van der Waals surface area contributed by atoms with Gasteiger partial charge in [0, 0.05) is 5.41 Å². The second-order valence-corrected chi connectivity index (χ2v) is 5.85. The van der Waals surface area contributed by atoms with Crippen molar-refractivity contribution in [3.8, 4) is 6.07 Å². The molecule has 3 aliphatic rings. The summed E-state index contributed by atoms with van der Waals surface area (Å²) in [6, 6.07) is 3.70. The van der Waals surface area contributed by atoms with E-state index in [1.807, 2.05) is 0 Å². The molecule has 0 aromatic carbocycles. The minimum Gasteiger partial charge on any atom is -0.241 e. The summed E-state index contributed by atoms with van der Waals surface area (Å²) in [5, 5.41) is 13.3. The zero-order valence-electron chi connectivity index (χ0n) is 10.3. The van der Waals surface area contributed by atoms with E-state index in [4.69, 9.17) is 0 Å². The molecular weight excluding hydrogens is 269 g/mol. The van der Waals surface area contributed by atoms with Crippen LogP contribution in [0, 0.1) is 16.7 Å². The Kier molecular flexibility index (Phi) is 1.84. The van der Waals surface area contributed by atoms with Crippen molar-refractivity contribution in [1.82, 2.24) is 14.6 Å². The van der Waals surface area contributed by atoms with E-state index in [9.17, 15) is 18.4 Å². The van der Waals surface area contributed by atoms with E-state index in [2.05, 4.69) is 16.2 Å². The fourth-order valence-corrected chi connectivity index (χ4v) is 3.86. The van der Waals surface area contributed by atoms with Gasteiger partial charge in [-0.15, -0.1) is 0 Å². The third-order valence-electron chi connectivity index (χ3n) is 4.70. The number of nitrogens with zero attached hydrogens (tertiary/aromatic N) is 4. The Morgan fingerprint density at radius 2 is 2.00 bits per heavy atom. The van der Waals surface area contributed by atoms with Gasteiger partial charge in [0.25, 0.3) is 0 Å². The Balaban J connectivity index is 1.82. The SMILES string of the molecule is N#Cc1cc2cncnn2c1C12CC(C(F)(F)F)(C1)C2. The highest BCUT2D eigenvalue weighted by Gasteiger charge is 2.79. The van der Waals surface area contributed by atoms with Crippen LogP contribution >= 0.6 is 0 Å². The van der Waals surface area contributed by atoms with Crippen LogP contribution in [0.5, 0.6) is 0 Å². The van der Waals surface area contributed by atoms with Crippen molar-refractivity contribution in [2.75, 3.05) is 0 Å². The molecule has 0 aliphatic heterocycles. The molecule has 0 saturated heterocycles. The molecule has 102 valence electrons. The molecule has 0 spiro atoms. The highest BCUT2D eigenvalue weighted by molar-refractivity contribution is 5.59. The van der Waals surface area contributed by atoms with Crippen molar-refractivity contribution in [1.29, 1.82) is 5.26 Å². The summed E-state index contributed by atoms with van der Waals surface area (Å²) in [5.74, 6) is 0. The van der Waals surface area contributed by atoms with Crippen molar-refractivity contribution in [3.63, 3.8) is 0 Å². The van der Waals surface area contributed by atoms with Crippen molar-refractivity contribution >= 4 is 5.52 Å². The largest absolute Gasteiger partial charge is 0.394 e. The van der Waals surface area contributed by atoms with Gasteiger partial charge in [0.15, 0.2) is 0 Å². The summed E-state index contributed by atoms with van der Waals surface area (Å²) in [7, 11) is 0. The Morgan fingerprint density at radius 3 is 2.60 bits per heavy atom. The molecular formula is C13H9F3N4. The van der Waals surface area contributed by atoms with Gasteiger partial charge in [-0.1, -0.05) is 0 Å². The lowest BCUT2D eigenvalue weighted by Crippen LogP contribution is -2.70. The molecule has 0 radical (unpaired) electrons. The van der Waals surface area contributed by atoms with Crippen LogP contribution in [0.1, 0.15) is 30.5 Å². The minimum absolute atomic E-state index is 0.0638. The summed E-state index contributed by atoms with van der Waals surface area (Å²) < 4.78 is 40.4. The molecule has 3 saturated carbocycles. The van der Waals surface area contributed by atoms with Crippen LogP contribution in [-0.2, 0) is 5.41 Å². The van der Waals surface area contributed by atoms with Crippen molar-refractivity contribution in [3.05, 3.63) is 29.8 Å². The average Bonchev–Trinajstić information content (AvgIpc) is 2.63. The highest BCUT2D eigenvalue weighted by atomic mass is 19.4. The minimum atomic E-state index is -4.15. The monoisotopic (exact) mass is 278 g/mol. The molecule has 0 amide bonds. The molecule has 20 heavy (non-hydrogen) atoms. The van der Waals surface area contributed by atoms with Gasteiger partial charge in [0.05, 0.1) is 28.4 Å². The molecule has 2 heterocycles. The summed E-state index contributed by atoms with van der Waals surface area (Å²) in [6.07, 6.45) is -1.06. The van der Waals surface area contributed by atoms with Crippen LogP contribution in [0.3, 0.4) is 0 Å². The third-order valence-corrected chi connectivity index (χ3v) is 4.70. The fraction of sp³-hybridized carbons (Fsp3) is 0.462. The van der Waals surface area contributed by atoms with Crippen LogP contribution in [0.2, 0.25) is 0 Å². The third kappa shape index (κ3) is 1.13. The maximum absolute atomic E-state index is 12.9. The summed E-state index contributed by atoms with van der Waals surface area (Å²) in [6.45, 7) is 0. The smallest absolute Gasteiger partial charge is 0.241 e. The molecule has 5 rings (SSSR count). The van der Waals surface area contributed by atoms with Gasteiger partial charge < -0.3 is 0 Å². The molecule has 4 nitrogen and oxygen atoms in total. The lowest BCUT2D eigenvalue weighted by Gasteiger charge is -2.70. The maximum Gasteiger partial charge on any atom is 0.394 e. The fourth-order valence-electron chi connectivity index (χ4n) is 3.86. The predicted octanol–water partition coefficient (Wildman–Crippen LogP) is 2.58. The molecule has 2 aromatic heterocycles. The maximum atomic E-state index is 12.9. The summed E-state index contributed by atoms with van der Waals surface area (Å²) >= 11 is 0. The molecule has 3 aliphatic carbocycles. The first kappa shape index (κ1) is 11.7. The van der Waals surface area contributed by atoms with Gasteiger partial charge in [0.2, 0.25) is 0 Å². The predicted molar refractivity (Wildman–Crippen MR) is 61.7 cm³/mol. The number of rotatable bonds is 1. The summed E-state index contributed by atoms with van der Waals surface area (Å²) in [4.78, 5) is 3.87. The molecule has 2 bridgehead atoms. The van der Waals surface area contributed by atoms with Gasteiger partial charge in [-0.3, -0.25) is 0 Å². The molecule has 0 unspecified atom stereocenters. The number of nitriles is 1. The lowest BCUT2D eigenvalue weighted by molar-refractivity contribution is -0.338. The van der Waals surface area contributed by atoms with Crippen LogP contribution in [0.4, 0.5) is 13.2 Å². The number of hydrogen-bond acceptors (Lipinski definition) is 3. The van der Waals surface area contributed by atoms with Gasteiger partial charge in [-0.25, -0.2) is 9.50 Å². The van der Waals surface area contributed by atoms with Crippen LogP contribution in [-0.4, -0.2) is 20.8 Å². The Bertz CT molecular complexity index is 748. The standard InChI is InChI=1S/C13H9F3N4/c14-13(15,16)12-4-11(5-12,6-12)10-8(2-17)1-9-3-18-7-19-20(9)10/h1,3,7H,4-6H2. The first-order valence-corrected chi connectivity index (χ1v) is 6.20. The Labute approximate surface area is 111 Å². The van der Waals surface area contributed by atoms with E-state index >= 15 is 0 Å². The summed E-state index contributed by atoms with van der Waals surface area (Å²) in [5.41, 5.74) is -0.410. The van der Waals surface area contributed by atoms with E-state index in [1.165, 1.54) is 6.33 Å². The van der Waals surface area contributed by atoms with Crippen molar-refractivity contribution < 1.29 is 13.2 Å². The van der Waals surface area contributed by atoms with Gasteiger partial charge in [0.1, 0.15) is 12.4 Å². The molecule has 0 atom stereocenters. The first-order chi connectivity index (χ1) is 9.41. The number of aromatic nitrogens is 3. The van der Waals surface area contributed by atoms with E-state index in [-0.39, 0.29) is 19.3 Å². The topological polar surface area (TPSA) is 54.0 Å². The van der Waals surface area contributed by atoms with E-state index < -0.39 is 17.0 Å². The van der Waals surface area contributed by atoms with Crippen LogP contribution in [0.25, 0.3) is 5.52 Å². The molecule has 3 fully saturated rings. The molecule has 2 aromatic rings. The van der Waals surface area contributed by atoms with Gasteiger partial charge in [-0.2, -0.15) is 23.5 Å². The average molecular weight is 278 g/mol. The van der Waals surface area contributed by atoms with Crippen LogP contribution < -0.4 is 0 Å². The molecule has 7 heteroatoms. The van der Waals surface area contributed by atoms with E-state index in [0.717, 1.165) is 0 Å². The number of hydrogen-bond donors (Lipinski definition) is 0. The van der Waals surface area contributed by atoms with E-state index in [1.54, 1.807) is 16.8 Å². The highest BCUT2D eigenvalue weighted by Crippen LogP contribution is 2.78. The quantitative estimate of drug-likeness (QED) is 0.805. The Hall–Kier alpha value is -2.10. The zero-order chi connectivity index (χ0) is 14.2. The van der Waals surface area contributed by atoms with Gasteiger partial charge >= 0.3 is 6.18 Å². The zero-order valence-corrected chi connectivity index (χ0v) is 10.3. The van der Waals surface area contributed by atoms with Gasteiger partial charge in [-0.05, 0) is 25.3 Å².